The number of carbonyl (C=O) groups is 1. The number of rotatable bonds is 11. The van der Waals surface area contributed by atoms with Gasteiger partial charge in [0.25, 0.3) is 0 Å². The van der Waals surface area contributed by atoms with Crippen LogP contribution in [0, 0.1) is 0 Å². The van der Waals surface area contributed by atoms with Crippen LogP contribution in [0.4, 0.5) is 0 Å². The maximum atomic E-state index is 12.9. The maximum absolute atomic E-state index is 12.9. The molecule has 1 aromatic carbocycles. The van der Waals surface area contributed by atoms with Gasteiger partial charge in [0.05, 0.1) is 29.1 Å². The van der Waals surface area contributed by atoms with Crippen LogP contribution in [0.25, 0.3) is 11.0 Å². The molecule has 1 aliphatic heterocycles. The van der Waals surface area contributed by atoms with E-state index in [2.05, 4.69) is 22.1 Å². The van der Waals surface area contributed by atoms with Crippen molar-refractivity contribution in [1.29, 1.82) is 0 Å². The SMILES string of the molecule is CCN(CC)S(=O)(=O)c1ccc2c(c1)nc(CCC(=O)NCC(C)N1CCOCC1)n2CC. The molecule has 33 heavy (non-hydrogen) atoms. The summed E-state index contributed by atoms with van der Waals surface area (Å²) in [5.74, 6) is 0.788. The third-order valence-corrected chi connectivity index (χ3v) is 8.34. The summed E-state index contributed by atoms with van der Waals surface area (Å²) in [6.07, 6.45) is 0.835. The molecule has 3 rings (SSSR count). The Balaban J connectivity index is 1.67. The number of nitrogens with one attached hydrogen (secondary N) is 1. The third kappa shape index (κ3) is 5.92. The predicted molar refractivity (Wildman–Crippen MR) is 129 cm³/mol. The summed E-state index contributed by atoms with van der Waals surface area (Å²) in [7, 11) is -3.55. The quantitative estimate of drug-likeness (QED) is 0.528. The Morgan fingerprint density at radius 1 is 1.21 bits per heavy atom. The number of amides is 1. The van der Waals surface area contributed by atoms with Crippen molar-refractivity contribution in [1.82, 2.24) is 24.1 Å². The molecule has 1 aromatic heterocycles. The number of ether oxygens (including phenoxy) is 1. The number of carbonyl (C=O) groups excluding carboxylic acids is 1. The van der Waals surface area contributed by atoms with Gasteiger partial charge in [-0.25, -0.2) is 13.4 Å². The molecule has 10 heteroatoms. The van der Waals surface area contributed by atoms with Crippen LogP contribution in [-0.2, 0) is 32.5 Å². The molecule has 1 aliphatic rings. The molecule has 2 aromatic rings. The van der Waals surface area contributed by atoms with Crippen molar-refractivity contribution in [3.8, 4) is 0 Å². The first-order valence-corrected chi connectivity index (χ1v) is 13.3. The molecule has 0 bridgehead atoms. The fourth-order valence-electron chi connectivity index (χ4n) is 4.30. The van der Waals surface area contributed by atoms with Crippen molar-refractivity contribution in [2.45, 2.75) is 58.0 Å². The minimum absolute atomic E-state index is 0.00498. The van der Waals surface area contributed by atoms with Gasteiger partial charge < -0.3 is 14.6 Å². The van der Waals surface area contributed by atoms with Crippen LogP contribution in [0.2, 0.25) is 0 Å². The number of fused-ring (bicyclic) bond motifs is 1. The van der Waals surface area contributed by atoms with E-state index in [1.54, 1.807) is 12.1 Å². The molecular weight excluding hydrogens is 442 g/mol. The van der Waals surface area contributed by atoms with Gasteiger partial charge in [-0.05, 0) is 32.0 Å². The molecule has 0 aliphatic carbocycles. The summed E-state index contributed by atoms with van der Waals surface area (Å²) >= 11 is 0. The van der Waals surface area contributed by atoms with E-state index in [4.69, 9.17) is 4.74 Å². The molecule has 184 valence electrons. The maximum Gasteiger partial charge on any atom is 0.243 e. The normalized spacial score (nSPS) is 16.4. The van der Waals surface area contributed by atoms with Gasteiger partial charge in [-0.3, -0.25) is 9.69 Å². The van der Waals surface area contributed by atoms with Crippen LogP contribution in [0.3, 0.4) is 0 Å². The number of aromatic nitrogens is 2. The average Bonchev–Trinajstić information content (AvgIpc) is 3.19. The smallest absolute Gasteiger partial charge is 0.243 e. The Bertz CT molecular complexity index is 1040. The fraction of sp³-hybridized carbons (Fsp3) is 0.652. The van der Waals surface area contributed by atoms with Crippen LogP contribution in [0.15, 0.2) is 23.1 Å². The van der Waals surface area contributed by atoms with Gasteiger partial charge in [0, 0.05) is 58.2 Å². The lowest BCUT2D eigenvalue weighted by atomic mass is 10.2. The Hall–Kier alpha value is -2.01. The minimum Gasteiger partial charge on any atom is -0.379 e. The second kappa shape index (κ2) is 11.4. The van der Waals surface area contributed by atoms with Crippen molar-refractivity contribution >= 4 is 27.0 Å². The highest BCUT2D eigenvalue weighted by molar-refractivity contribution is 7.89. The van der Waals surface area contributed by atoms with E-state index in [9.17, 15) is 13.2 Å². The Morgan fingerprint density at radius 3 is 2.55 bits per heavy atom. The highest BCUT2D eigenvalue weighted by atomic mass is 32.2. The molecule has 0 saturated carbocycles. The van der Waals surface area contributed by atoms with Gasteiger partial charge in [0.2, 0.25) is 15.9 Å². The van der Waals surface area contributed by atoms with Crippen molar-refractivity contribution < 1.29 is 17.9 Å². The number of hydrogen-bond acceptors (Lipinski definition) is 6. The zero-order chi connectivity index (χ0) is 24.0. The second-order valence-corrected chi connectivity index (χ2v) is 10.3. The molecule has 1 amide bonds. The van der Waals surface area contributed by atoms with Crippen LogP contribution < -0.4 is 5.32 Å². The van der Waals surface area contributed by atoms with Gasteiger partial charge in [0.15, 0.2) is 0 Å². The minimum atomic E-state index is -3.55. The first kappa shape index (κ1) is 25.6. The number of hydrogen-bond donors (Lipinski definition) is 1. The lowest BCUT2D eigenvalue weighted by molar-refractivity contribution is -0.121. The molecule has 0 spiro atoms. The van der Waals surface area contributed by atoms with Crippen LogP contribution in [-0.4, -0.2) is 85.1 Å². The van der Waals surface area contributed by atoms with E-state index in [0.29, 0.717) is 44.5 Å². The lowest BCUT2D eigenvalue weighted by Crippen LogP contribution is -2.47. The van der Waals surface area contributed by atoms with Crippen molar-refractivity contribution in [2.75, 3.05) is 45.9 Å². The van der Waals surface area contributed by atoms with Crippen molar-refractivity contribution in [3.05, 3.63) is 24.0 Å². The van der Waals surface area contributed by atoms with Crippen LogP contribution >= 0.6 is 0 Å². The zero-order valence-electron chi connectivity index (χ0n) is 20.2. The monoisotopic (exact) mass is 479 g/mol. The van der Waals surface area contributed by atoms with Gasteiger partial charge in [-0.15, -0.1) is 0 Å². The zero-order valence-corrected chi connectivity index (χ0v) is 21.0. The van der Waals surface area contributed by atoms with Crippen molar-refractivity contribution in [3.63, 3.8) is 0 Å². The van der Waals surface area contributed by atoms with Gasteiger partial charge in [-0.2, -0.15) is 4.31 Å². The summed E-state index contributed by atoms with van der Waals surface area (Å²) < 4.78 is 34.6. The molecule has 1 saturated heterocycles. The standard InChI is InChI=1S/C23H37N5O4S/c1-5-27(6-2)33(30,31)19-8-9-21-20(16-19)25-22(28(21)7-3)10-11-23(29)24-17-18(4)26-12-14-32-15-13-26/h8-9,16,18H,5-7,10-15,17H2,1-4H3,(H,24,29). The summed E-state index contributed by atoms with van der Waals surface area (Å²) in [6.45, 7) is 13.2. The molecule has 1 unspecified atom stereocenters. The summed E-state index contributed by atoms with van der Waals surface area (Å²) in [4.78, 5) is 19.7. The Labute approximate surface area is 197 Å². The molecule has 1 atom stereocenters. The first-order chi connectivity index (χ1) is 15.8. The van der Waals surface area contributed by atoms with E-state index in [1.807, 2.05) is 31.4 Å². The van der Waals surface area contributed by atoms with Gasteiger partial charge >= 0.3 is 0 Å². The summed E-state index contributed by atoms with van der Waals surface area (Å²) in [6, 6.07) is 5.37. The number of imidazole rings is 1. The van der Waals surface area contributed by atoms with E-state index < -0.39 is 10.0 Å². The second-order valence-electron chi connectivity index (χ2n) is 8.31. The molecule has 9 nitrogen and oxygen atoms in total. The number of nitrogens with zero attached hydrogens (tertiary/aromatic N) is 4. The molecule has 2 heterocycles. The number of morpholine rings is 1. The van der Waals surface area contributed by atoms with E-state index >= 15 is 0 Å². The highest BCUT2D eigenvalue weighted by Gasteiger charge is 2.23. The van der Waals surface area contributed by atoms with Crippen LogP contribution in [0.1, 0.15) is 39.9 Å². The number of aryl methyl sites for hydroxylation is 2. The Morgan fingerprint density at radius 2 is 1.91 bits per heavy atom. The van der Waals surface area contributed by atoms with E-state index in [-0.39, 0.29) is 16.8 Å². The fourth-order valence-corrected chi connectivity index (χ4v) is 5.78. The average molecular weight is 480 g/mol. The summed E-state index contributed by atoms with van der Waals surface area (Å²) in [5.41, 5.74) is 1.52. The lowest BCUT2D eigenvalue weighted by Gasteiger charge is -2.32. The first-order valence-electron chi connectivity index (χ1n) is 11.9. The van der Waals surface area contributed by atoms with Gasteiger partial charge in [0.1, 0.15) is 5.82 Å². The van der Waals surface area contributed by atoms with E-state index in [1.165, 1.54) is 4.31 Å². The number of sulfonamides is 1. The topological polar surface area (TPSA) is 96.8 Å². The largest absolute Gasteiger partial charge is 0.379 e. The summed E-state index contributed by atoms with van der Waals surface area (Å²) in [5, 5.41) is 3.03. The molecular formula is C23H37N5O4S. The van der Waals surface area contributed by atoms with E-state index in [0.717, 1.165) is 37.6 Å². The number of benzene rings is 1. The van der Waals surface area contributed by atoms with Crippen molar-refractivity contribution in [2.24, 2.45) is 0 Å². The van der Waals surface area contributed by atoms with Crippen LogP contribution in [0.5, 0.6) is 0 Å². The molecule has 1 N–H and O–H groups in total. The van der Waals surface area contributed by atoms with Gasteiger partial charge in [-0.1, -0.05) is 13.8 Å². The predicted octanol–water partition coefficient (Wildman–Crippen LogP) is 1.86. The molecule has 0 radical (unpaired) electrons. The molecule has 1 fully saturated rings. The Kier molecular flexibility index (Phi) is 8.86. The highest BCUT2D eigenvalue weighted by Crippen LogP contribution is 2.23. The third-order valence-electron chi connectivity index (χ3n) is 6.30.